The van der Waals surface area contributed by atoms with Gasteiger partial charge in [0.1, 0.15) is 0 Å². The van der Waals surface area contributed by atoms with E-state index < -0.39 is 0 Å². The first-order valence-corrected chi connectivity index (χ1v) is 5.85. The molecule has 1 saturated carbocycles. The Morgan fingerprint density at radius 3 is 2.54 bits per heavy atom. The molecule has 74 valence electrons. The maximum absolute atomic E-state index is 3.46. The highest BCUT2D eigenvalue weighted by Gasteiger charge is 2.57. The van der Waals surface area contributed by atoms with Crippen molar-refractivity contribution in [3.8, 4) is 0 Å². The minimum absolute atomic E-state index is 0.995. The minimum Gasteiger partial charge on any atom is -0.316 e. The van der Waals surface area contributed by atoms with Gasteiger partial charge in [-0.05, 0) is 37.3 Å². The predicted octanol–water partition coefficient (Wildman–Crippen LogP) is 0.936. The van der Waals surface area contributed by atoms with E-state index >= 15 is 0 Å². The molecule has 0 aromatic carbocycles. The molecule has 2 nitrogen and oxygen atoms in total. The van der Waals surface area contributed by atoms with Crippen molar-refractivity contribution >= 4 is 0 Å². The van der Waals surface area contributed by atoms with E-state index in [1.165, 1.54) is 39.0 Å². The molecule has 3 aliphatic rings. The van der Waals surface area contributed by atoms with Crippen molar-refractivity contribution in [3.63, 3.8) is 0 Å². The lowest BCUT2D eigenvalue weighted by Crippen LogP contribution is -2.49. The van der Waals surface area contributed by atoms with E-state index in [1.54, 1.807) is 0 Å². The third-order valence-electron chi connectivity index (χ3n) is 4.15. The van der Waals surface area contributed by atoms with Gasteiger partial charge in [-0.3, -0.25) is 4.90 Å². The molecule has 1 N–H and O–H groups in total. The van der Waals surface area contributed by atoms with Gasteiger partial charge in [0.05, 0.1) is 0 Å². The molecular weight excluding hydrogens is 160 g/mol. The fourth-order valence-electron chi connectivity index (χ4n) is 3.37. The Labute approximate surface area is 80.7 Å². The van der Waals surface area contributed by atoms with Gasteiger partial charge in [0.15, 0.2) is 0 Å². The Bertz CT molecular complexity index is 188. The molecule has 0 amide bonds. The lowest BCUT2D eigenvalue weighted by molar-refractivity contribution is 0.0729. The smallest absolute Gasteiger partial charge is 0.0184 e. The van der Waals surface area contributed by atoms with Crippen LogP contribution in [0.4, 0.5) is 0 Å². The molecule has 2 heteroatoms. The van der Waals surface area contributed by atoms with Gasteiger partial charge in [0.2, 0.25) is 0 Å². The highest BCUT2D eigenvalue weighted by atomic mass is 15.3. The van der Waals surface area contributed by atoms with Crippen LogP contribution in [0.1, 0.15) is 19.8 Å². The Morgan fingerprint density at radius 2 is 1.92 bits per heavy atom. The van der Waals surface area contributed by atoms with Gasteiger partial charge >= 0.3 is 0 Å². The first-order valence-electron chi connectivity index (χ1n) is 5.85. The second kappa shape index (κ2) is 2.96. The van der Waals surface area contributed by atoms with E-state index in [1.807, 2.05) is 0 Å². The molecule has 2 unspecified atom stereocenters. The average Bonchev–Trinajstić information content (AvgIpc) is 2.56. The first-order chi connectivity index (χ1) is 6.40. The largest absolute Gasteiger partial charge is 0.316 e. The summed E-state index contributed by atoms with van der Waals surface area (Å²) in [7, 11) is 0. The molecule has 2 heterocycles. The van der Waals surface area contributed by atoms with E-state index in [4.69, 9.17) is 0 Å². The van der Waals surface area contributed by atoms with Crippen LogP contribution in [-0.4, -0.2) is 37.1 Å². The summed E-state index contributed by atoms with van der Waals surface area (Å²) in [6.07, 6.45) is 2.83. The van der Waals surface area contributed by atoms with E-state index in [0.29, 0.717) is 0 Å². The number of piperidine rings is 1. The fraction of sp³-hybridized carbons (Fsp3) is 1.00. The standard InChI is InChI=1S/C11H20N2/c1-2-3-8-6-13(7-8)11-9-4-12-5-10(9)11/h8-12H,2-7H2,1H3. The van der Waals surface area contributed by atoms with Crippen molar-refractivity contribution in [1.29, 1.82) is 0 Å². The molecule has 3 rings (SSSR count). The van der Waals surface area contributed by atoms with Crippen LogP contribution in [0.3, 0.4) is 0 Å². The van der Waals surface area contributed by atoms with E-state index in [0.717, 1.165) is 23.8 Å². The van der Waals surface area contributed by atoms with Crippen LogP contribution >= 0.6 is 0 Å². The van der Waals surface area contributed by atoms with Gasteiger partial charge in [-0.25, -0.2) is 0 Å². The Morgan fingerprint density at radius 1 is 1.23 bits per heavy atom. The van der Waals surface area contributed by atoms with Gasteiger partial charge < -0.3 is 5.32 Å². The molecule has 3 fully saturated rings. The average molecular weight is 180 g/mol. The number of nitrogens with one attached hydrogen (secondary N) is 1. The maximum atomic E-state index is 3.46. The molecule has 2 aliphatic heterocycles. The molecule has 0 aromatic heterocycles. The summed E-state index contributed by atoms with van der Waals surface area (Å²) in [4.78, 5) is 2.73. The maximum Gasteiger partial charge on any atom is 0.0184 e. The summed E-state index contributed by atoms with van der Waals surface area (Å²) < 4.78 is 0. The van der Waals surface area contributed by atoms with E-state index in [2.05, 4.69) is 17.1 Å². The third-order valence-corrected chi connectivity index (χ3v) is 4.15. The van der Waals surface area contributed by atoms with Gasteiger partial charge in [-0.1, -0.05) is 13.3 Å². The summed E-state index contributed by atoms with van der Waals surface area (Å²) in [5, 5.41) is 3.46. The molecule has 0 spiro atoms. The highest BCUT2D eigenvalue weighted by molar-refractivity contribution is 5.12. The molecule has 13 heavy (non-hydrogen) atoms. The Balaban J connectivity index is 1.45. The number of hydrogen-bond donors (Lipinski definition) is 1. The summed E-state index contributed by atoms with van der Waals surface area (Å²) in [5.41, 5.74) is 0. The van der Waals surface area contributed by atoms with Gasteiger partial charge in [-0.2, -0.15) is 0 Å². The molecule has 0 radical (unpaired) electrons. The number of likely N-dealkylation sites (tertiary alicyclic amines) is 1. The van der Waals surface area contributed by atoms with Crippen molar-refractivity contribution in [3.05, 3.63) is 0 Å². The number of nitrogens with zero attached hydrogens (tertiary/aromatic N) is 1. The van der Waals surface area contributed by atoms with Crippen LogP contribution in [0.15, 0.2) is 0 Å². The molecule has 1 aliphatic carbocycles. The summed E-state index contributed by atoms with van der Waals surface area (Å²) in [5.74, 6) is 3.10. The lowest BCUT2D eigenvalue weighted by atomic mass is 9.94. The van der Waals surface area contributed by atoms with Crippen molar-refractivity contribution < 1.29 is 0 Å². The highest BCUT2D eigenvalue weighted by Crippen LogP contribution is 2.48. The topological polar surface area (TPSA) is 15.3 Å². The van der Waals surface area contributed by atoms with Gasteiger partial charge in [0.25, 0.3) is 0 Å². The van der Waals surface area contributed by atoms with Crippen LogP contribution in [0.25, 0.3) is 0 Å². The van der Waals surface area contributed by atoms with Gasteiger partial charge in [0, 0.05) is 19.1 Å². The first kappa shape index (κ1) is 8.25. The van der Waals surface area contributed by atoms with Crippen LogP contribution in [0.5, 0.6) is 0 Å². The van der Waals surface area contributed by atoms with Crippen LogP contribution < -0.4 is 5.32 Å². The Kier molecular flexibility index (Phi) is 1.88. The fourth-order valence-corrected chi connectivity index (χ4v) is 3.37. The normalized spacial score (nSPS) is 44.5. The Hall–Kier alpha value is -0.0800. The van der Waals surface area contributed by atoms with Crippen LogP contribution in [-0.2, 0) is 0 Å². The summed E-state index contributed by atoms with van der Waals surface area (Å²) in [6, 6.07) is 0.995. The van der Waals surface area contributed by atoms with Crippen LogP contribution in [0, 0.1) is 17.8 Å². The molecule has 2 saturated heterocycles. The zero-order chi connectivity index (χ0) is 8.84. The number of hydrogen-bond acceptors (Lipinski definition) is 2. The molecule has 2 atom stereocenters. The summed E-state index contributed by atoms with van der Waals surface area (Å²) >= 11 is 0. The minimum atomic E-state index is 0.995. The summed E-state index contributed by atoms with van der Waals surface area (Å²) in [6.45, 7) is 7.71. The van der Waals surface area contributed by atoms with Crippen molar-refractivity contribution in [1.82, 2.24) is 10.2 Å². The second-order valence-electron chi connectivity index (χ2n) is 5.09. The zero-order valence-electron chi connectivity index (χ0n) is 8.50. The van der Waals surface area contributed by atoms with E-state index in [9.17, 15) is 0 Å². The zero-order valence-corrected chi connectivity index (χ0v) is 8.50. The number of fused-ring (bicyclic) bond motifs is 1. The lowest BCUT2D eigenvalue weighted by Gasteiger charge is -2.40. The van der Waals surface area contributed by atoms with Crippen molar-refractivity contribution in [2.45, 2.75) is 25.8 Å². The molecule has 0 aromatic rings. The van der Waals surface area contributed by atoms with Gasteiger partial charge in [-0.15, -0.1) is 0 Å². The second-order valence-corrected chi connectivity index (χ2v) is 5.09. The number of rotatable bonds is 3. The third kappa shape index (κ3) is 1.23. The van der Waals surface area contributed by atoms with E-state index in [-0.39, 0.29) is 0 Å². The monoisotopic (exact) mass is 180 g/mol. The van der Waals surface area contributed by atoms with Crippen molar-refractivity contribution in [2.75, 3.05) is 26.2 Å². The molecule has 0 bridgehead atoms. The quantitative estimate of drug-likeness (QED) is 0.695. The predicted molar refractivity (Wildman–Crippen MR) is 53.6 cm³/mol. The van der Waals surface area contributed by atoms with Crippen LogP contribution in [0.2, 0.25) is 0 Å². The van der Waals surface area contributed by atoms with Crippen molar-refractivity contribution in [2.24, 2.45) is 17.8 Å². The molecular formula is C11H20N2. The SMILES string of the molecule is CCCC1CN(C2C3CNCC32)C1.